The first-order valence-electron chi connectivity index (χ1n) is 50.0. The summed E-state index contributed by atoms with van der Waals surface area (Å²) in [5.74, 6) is 1.03. The van der Waals surface area contributed by atoms with E-state index in [1.807, 2.05) is 127 Å². The Bertz CT molecular complexity index is 5870. The first-order valence-corrected chi connectivity index (χ1v) is 57.0. The normalized spacial score (nSPS) is 17.8. The third kappa shape index (κ3) is 42.3. The van der Waals surface area contributed by atoms with Gasteiger partial charge in [0.2, 0.25) is 0 Å². The van der Waals surface area contributed by atoms with E-state index in [2.05, 4.69) is 34.8 Å². The molecule has 7 N–H and O–H groups in total. The zero-order chi connectivity index (χ0) is 112. The van der Waals surface area contributed by atoms with Crippen molar-refractivity contribution in [2.24, 2.45) is 50.2 Å². The third-order valence-corrected chi connectivity index (χ3v) is 29.7. The van der Waals surface area contributed by atoms with Gasteiger partial charge in [0.15, 0.2) is 29.4 Å². The number of likely N-dealkylation sites (tertiary alicyclic amines) is 5. The van der Waals surface area contributed by atoms with Crippen LogP contribution in [0.4, 0.5) is 48.6 Å². The third-order valence-electron chi connectivity index (χ3n) is 23.9. The number of anilines is 2. The number of aryl methyl sites for hydroxylation is 2. The number of nitrogens with two attached hydrogens (primary N) is 2. The second-order valence-corrected chi connectivity index (χ2v) is 52.4. The molecule has 0 bridgehead atoms. The maximum Gasteiger partial charge on any atom is 0.493 e. The van der Waals surface area contributed by atoms with E-state index in [0.29, 0.717) is 97.7 Å². The molecule has 848 valence electrons. The number of ether oxygens (including phenoxy) is 6. The van der Waals surface area contributed by atoms with Gasteiger partial charge in [-0.2, -0.15) is 61.5 Å². The molecule has 4 saturated carbocycles. The van der Waals surface area contributed by atoms with Crippen LogP contribution in [0.25, 0.3) is 11.0 Å². The molecule has 45 nitrogen and oxygen atoms in total. The van der Waals surface area contributed by atoms with Gasteiger partial charge in [0.25, 0.3) is 20.4 Å². The summed E-state index contributed by atoms with van der Waals surface area (Å²) in [6.45, 7) is 45.6. The molecule has 0 radical (unpaired) electrons. The second kappa shape index (κ2) is 52.4. The Hall–Kier alpha value is -9.07. The Morgan fingerprint density at radius 3 is 1.22 bits per heavy atom. The second-order valence-electron chi connectivity index (χ2n) is 45.2. The van der Waals surface area contributed by atoms with Crippen LogP contribution in [-0.2, 0) is 78.8 Å². The highest BCUT2D eigenvalue weighted by Gasteiger charge is 2.49. The van der Waals surface area contributed by atoms with E-state index in [1.54, 1.807) is 88.4 Å². The molecule has 5 aromatic heterocycles. The molecule has 6 aliphatic heterocycles. The lowest BCUT2D eigenvalue weighted by Gasteiger charge is -2.41. The number of aliphatic hydroxyl groups is 1. The smallest absolute Gasteiger partial charge is 0.493 e. The summed E-state index contributed by atoms with van der Waals surface area (Å²) in [5.41, 5.74) is 1.20. The molecule has 55 heteroatoms. The van der Waals surface area contributed by atoms with Gasteiger partial charge in [-0.25, -0.2) is 58.0 Å². The van der Waals surface area contributed by atoms with Crippen LogP contribution >= 0.6 is 34.8 Å². The van der Waals surface area contributed by atoms with Crippen molar-refractivity contribution in [3.63, 3.8) is 0 Å². The number of nitrogens with zero attached hydrogens (tertiary/aromatic N) is 18. The van der Waals surface area contributed by atoms with Crippen molar-refractivity contribution in [3.05, 3.63) is 75.9 Å². The fourth-order valence-electron chi connectivity index (χ4n) is 15.8. The Kier molecular flexibility index (Phi) is 44.1. The summed E-state index contributed by atoms with van der Waals surface area (Å²) in [7, 11) is -11.8. The number of halogens is 6. The predicted octanol–water partition coefficient (Wildman–Crippen LogP) is 10.4. The Balaban J connectivity index is 0.000000212. The maximum atomic E-state index is 12.6. The minimum absolute atomic E-state index is 0.0153. The van der Waals surface area contributed by atoms with E-state index < -0.39 is 93.1 Å². The lowest BCUT2D eigenvalue weighted by atomic mass is 9.96. The van der Waals surface area contributed by atoms with Crippen LogP contribution in [-0.4, -0.2) is 344 Å². The van der Waals surface area contributed by atoms with E-state index >= 15 is 0 Å². The topological polar surface area (TPSA) is 540 Å². The number of carbonyl (C=O) groups excluding carboxylic acids is 7. The molecular formula is C95H154Cl3F3N22O23S4. The maximum absolute atomic E-state index is 12.6. The number of amides is 6. The molecule has 5 aromatic rings. The summed E-state index contributed by atoms with van der Waals surface area (Å²) in [4.78, 5) is 99.1. The highest BCUT2D eigenvalue weighted by atomic mass is 35.5. The molecule has 6 saturated heterocycles. The molecule has 10 aliphatic rings. The molecule has 0 spiro atoms. The van der Waals surface area contributed by atoms with Gasteiger partial charge in [0, 0.05) is 179 Å². The number of hydrogen-bond donors (Lipinski definition) is 5. The van der Waals surface area contributed by atoms with Gasteiger partial charge in [-0.1, -0.05) is 63.9 Å². The average Bonchev–Trinajstić information content (AvgIpc) is 1.68. The Morgan fingerprint density at radius 1 is 0.507 bits per heavy atom. The van der Waals surface area contributed by atoms with E-state index in [-0.39, 0.29) is 86.2 Å². The number of aromatic nitrogens is 7. The highest BCUT2D eigenvalue weighted by Crippen LogP contribution is 2.38. The van der Waals surface area contributed by atoms with Crippen LogP contribution in [0.5, 0.6) is 0 Å². The van der Waals surface area contributed by atoms with E-state index in [0.717, 1.165) is 152 Å². The van der Waals surface area contributed by atoms with Gasteiger partial charge in [0.05, 0.1) is 0 Å². The highest BCUT2D eigenvalue weighted by molar-refractivity contribution is 7.88. The van der Waals surface area contributed by atoms with Gasteiger partial charge in [-0.3, -0.25) is 4.79 Å². The summed E-state index contributed by atoms with van der Waals surface area (Å²) in [5, 5.41) is 43.7. The van der Waals surface area contributed by atoms with Gasteiger partial charge in [-0.15, -0.1) is 8.42 Å². The standard InChI is InChI=1S/C18H33N3O6S.C15H21ClN6O2S.C13H24N2O2.C12H19N3O4S.C10H16F3N3O3S.C10H19NO3.C10H17NO3.C7H5Cl2N3/c1-17(2,3)26-15(22)19-28(24,25)21(14-7-8-14)10-9-13-11-20(12-13)16(23)27-18(4,5)6;1-10-6-13(16)22-14(10)15(18-9-19-22)20-7-11(8-20)4-5-21(12-2-3-12)25(17,23)24;1-13(2,3)17-12(16)15-8-10(9-15)6-7-14-11-4-5-11;1-12(2,3)19-11(16)13-20(17,18)15-8-6-10(7-9-15)14(4)5;11-10(12,13)9(17)15-5-7(6-15)3-4-16(8-1-2-8)20(14,18)19;2*1-10(2,3)14-9(13)11-6-8(7-11)4-5-12;1-4-2-5(8)12-6(4)7(9)10-3-11-12/h13-14H,7-12H2,1-6H3,(H,19,22);6,9,11-12H,2-5,7-8H2,1H3,(H2,17,23,24);10-11,14H,4-9H2,1-3H3;6-9H,1-5H3;7-8H,1-6H2,(H2,14,18,19);8,12H,4-7H2,1-3H3;5,8H,4,6-7H2,1-3H3;2-3H,1H3. The summed E-state index contributed by atoms with van der Waals surface area (Å²) < 4.78 is 175. The number of alkyl halides is 3. The van der Waals surface area contributed by atoms with Crippen LogP contribution in [0.1, 0.15) is 226 Å². The first-order chi connectivity index (χ1) is 69.1. The van der Waals surface area contributed by atoms with Gasteiger partial charge < -0.3 is 83.0 Å². The Morgan fingerprint density at radius 2 is 0.860 bits per heavy atom. The molecule has 6 amide bonds. The quantitative estimate of drug-likeness (QED) is 0.0102. The zero-order valence-electron chi connectivity index (χ0n) is 89.9. The monoisotopic (exact) mass is 2260 g/mol. The zero-order valence-corrected chi connectivity index (χ0v) is 95.5. The number of carbonyl (C=O) groups is 7. The number of hydrogen-bond acceptors (Lipinski definition) is 30. The van der Waals surface area contributed by atoms with E-state index in [9.17, 15) is 85.5 Å². The molecule has 150 heavy (non-hydrogen) atoms. The number of pyridine rings is 1. The summed E-state index contributed by atoms with van der Waals surface area (Å²) in [6, 6.07) is 7.63. The predicted molar refractivity (Wildman–Crippen MR) is 557 cm³/mol. The van der Waals surface area contributed by atoms with Crippen molar-refractivity contribution in [1.82, 2.24) is 76.7 Å². The fourth-order valence-corrected chi connectivity index (χ4v) is 20.7. The minimum Gasteiger partial charge on any atom is -0.594 e. The van der Waals surface area contributed by atoms with Crippen molar-refractivity contribution in [2.75, 3.05) is 135 Å². The number of fused-ring (bicyclic) bond motifs is 2. The molecule has 0 aromatic carbocycles. The van der Waals surface area contributed by atoms with Crippen LogP contribution in [0.2, 0.25) is 15.5 Å². The van der Waals surface area contributed by atoms with E-state index in [1.165, 1.54) is 57.2 Å². The SMILES string of the molecule is CC(C)(C)OC(=O)N1CC(CC=O)C1.CC(C)(C)OC(=O)N1CC(CCNC2CC2)C1.CC(C)(C)OC(=O)N1CC(CCO)C1.CC(C)(C)OC(=O)NS(=O)(=O)N(CCC1CN(C(=O)OC(C)(C)C)C1)C1CC1.CN(C)c1cc[n+](S(=O)(=O)N=C([O-])OC(C)(C)C)cc1.Cc1cc(Cl)n2ncnc(Cl)c12.Cc1cc(Cl)n2ncnc(N3CC(CCN(C4CC4)S(N)(=O)=O)C3)c12.NS(=O)(=O)N(CCC1CN(C(=O)C(F)(F)F)C1)C1CC1. The number of aldehydes is 1. The van der Waals surface area contributed by atoms with Crippen LogP contribution in [0.15, 0.2) is 53.7 Å². The number of rotatable bonds is 28. The average molecular weight is 2260 g/mol. The molecule has 4 aliphatic carbocycles. The first kappa shape index (κ1) is 126. The summed E-state index contributed by atoms with van der Waals surface area (Å²) in [6.07, 6.45) is 10.4. The van der Waals surface area contributed by atoms with Crippen LogP contribution in [0.3, 0.4) is 0 Å². The molecule has 11 heterocycles. The van der Waals surface area contributed by atoms with Crippen molar-refractivity contribution < 1.29 is 123 Å². The van der Waals surface area contributed by atoms with Gasteiger partial charge >= 0.3 is 63.0 Å². The number of nitrogens with one attached hydrogen (secondary N) is 2. The largest absolute Gasteiger partial charge is 0.594 e. The van der Waals surface area contributed by atoms with Crippen molar-refractivity contribution in [1.29, 1.82) is 0 Å². The minimum atomic E-state index is -4.84. The van der Waals surface area contributed by atoms with Crippen LogP contribution in [0, 0.1) is 49.4 Å². The molecule has 10 fully saturated rings. The molecule has 0 atom stereocenters. The summed E-state index contributed by atoms with van der Waals surface area (Å²) >= 11 is 17.9. The van der Waals surface area contributed by atoms with Crippen LogP contribution < -0.4 is 39.2 Å². The van der Waals surface area contributed by atoms with Gasteiger partial charge in [0.1, 0.15) is 68.3 Å². The van der Waals surface area contributed by atoms with Gasteiger partial charge in [-0.05, 0) is 261 Å². The van der Waals surface area contributed by atoms with E-state index in [4.69, 9.17) is 78.6 Å². The number of aliphatic hydroxyl groups excluding tert-OH is 1. The molecule has 0 unspecified atom stereocenters. The lowest BCUT2D eigenvalue weighted by molar-refractivity contribution is -0.511. The molecular weight excluding hydrogens is 2110 g/mol. The lowest BCUT2D eigenvalue weighted by Crippen LogP contribution is -2.55. The van der Waals surface area contributed by atoms with Crippen molar-refractivity contribution >= 4 is 147 Å². The fraction of sp³-hybridized carbons (Fsp3) is 0.737. The Labute approximate surface area is 894 Å². The van der Waals surface area contributed by atoms with Crippen molar-refractivity contribution in [3.8, 4) is 0 Å². The molecule has 15 rings (SSSR count). The van der Waals surface area contributed by atoms with Crippen molar-refractivity contribution in [2.45, 2.75) is 292 Å².